The average Bonchev–Trinajstić information content (AvgIpc) is 2.50. The van der Waals surface area contributed by atoms with Gasteiger partial charge in [0.1, 0.15) is 6.10 Å². The van der Waals surface area contributed by atoms with Crippen molar-refractivity contribution in [2.45, 2.75) is 31.8 Å². The second-order valence-electron chi connectivity index (χ2n) is 5.33. The second-order valence-corrected chi connectivity index (χ2v) is 5.33. The number of aromatic nitrogens is 1. The molecular formula is C17H18N2O2. The van der Waals surface area contributed by atoms with Crippen molar-refractivity contribution >= 4 is 11.7 Å². The van der Waals surface area contributed by atoms with Gasteiger partial charge >= 0.3 is 5.97 Å². The molecule has 0 spiro atoms. The number of hydrogen-bond donors (Lipinski definition) is 1. The minimum Gasteiger partial charge on any atom is -0.457 e. The van der Waals surface area contributed by atoms with Gasteiger partial charge in [-0.25, -0.2) is 0 Å². The van der Waals surface area contributed by atoms with Crippen molar-refractivity contribution in [2.24, 2.45) is 0 Å². The molecule has 21 heavy (non-hydrogen) atoms. The van der Waals surface area contributed by atoms with Gasteiger partial charge in [0, 0.05) is 0 Å². The van der Waals surface area contributed by atoms with Crippen LogP contribution in [0.15, 0.2) is 42.6 Å². The van der Waals surface area contributed by atoms with Crippen LogP contribution < -0.4 is 5.73 Å². The number of benzene rings is 1. The Labute approximate surface area is 124 Å². The Balaban J connectivity index is 1.67. The summed E-state index contributed by atoms with van der Waals surface area (Å²) < 4.78 is 5.64. The van der Waals surface area contributed by atoms with Gasteiger partial charge in [0.2, 0.25) is 0 Å². The lowest BCUT2D eigenvalue weighted by atomic mass is 9.89. The molecule has 1 aliphatic rings. The van der Waals surface area contributed by atoms with Crippen molar-refractivity contribution in [3.8, 4) is 0 Å². The first-order chi connectivity index (χ1) is 10.2. The van der Waals surface area contributed by atoms with E-state index in [1.165, 1.54) is 5.56 Å². The third-order valence-corrected chi connectivity index (χ3v) is 3.76. The van der Waals surface area contributed by atoms with Crippen LogP contribution in [0.4, 0.5) is 5.69 Å². The molecule has 3 rings (SSSR count). The summed E-state index contributed by atoms with van der Waals surface area (Å²) >= 11 is 0. The van der Waals surface area contributed by atoms with Crippen LogP contribution in [0.1, 0.15) is 35.8 Å². The Morgan fingerprint density at radius 1 is 1.29 bits per heavy atom. The summed E-state index contributed by atoms with van der Waals surface area (Å²) in [5.41, 5.74) is 9.28. The first-order valence-electron chi connectivity index (χ1n) is 7.20. The predicted molar refractivity (Wildman–Crippen MR) is 80.6 cm³/mol. The van der Waals surface area contributed by atoms with Gasteiger partial charge in [-0.15, -0.1) is 0 Å². The van der Waals surface area contributed by atoms with Gasteiger partial charge in [0.25, 0.3) is 0 Å². The Bertz CT molecular complexity index is 637. The van der Waals surface area contributed by atoms with Crippen molar-refractivity contribution in [2.75, 3.05) is 5.73 Å². The number of aryl methyl sites for hydroxylation is 1. The molecule has 1 aromatic carbocycles. The molecule has 0 saturated heterocycles. The van der Waals surface area contributed by atoms with E-state index in [0.29, 0.717) is 11.4 Å². The summed E-state index contributed by atoms with van der Waals surface area (Å²) in [6.45, 7) is 0. The number of ether oxygens (including phenoxy) is 1. The lowest BCUT2D eigenvalue weighted by Gasteiger charge is -2.25. The maximum atomic E-state index is 12.1. The van der Waals surface area contributed by atoms with Crippen molar-refractivity contribution in [1.29, 1.82) is 0 Å². The Hall–Kier alpha value is -2.36. The van der Waals surface area contributed by atoms with E-state index in [1.54, 1.807) is 18.3 Å². The topological polar surface area (TPSA) is 65.2 Å². The number of nitrogens with zero attached hydrogens (tertiary/aromatic N) is 1. The molecule has 0 saturated carbocycles. The van der Waals surface area contributed by atoms with Crippen molar-refractivity contribution in [1.82, 2.24) is 4.98 Å². The minimum atomic E-state index is -0.242. The summed E-state index contributed by atoms with van der Waals surface area (Å²) in [5.74, 6) is -0.242. The maximum absolute atomic E-state index is 12.1. The SMILES string of the molecule is Nc1ccc(CC(=O)OC2CCCc3ccccc32)nc1. The van der Waals surface area contributed by atoms with E-state index in [9.17, 15) is 4.79 Å². The smallest absolute Gasteiger partial charge is 0.312 e. The molecule has 1 aliphatic carbocycles. The lowest BCUT2D eigenvalue weighted by Crippen LogP contribution is -2.18. The van der Waals surface area contributed by atoms with Gasteiger partial charge < -0.3 is 10.5 Å². The van der Waals surface area contributed by atoms with Gasteiger partial charge in [0.15, 0.2) is 0 Å². The van der Waals surface area contributed by atoms with Crippen molar-refractivity contribution < 1.29 is 9.53 Å². The molecule has 1 aromatic heterocycles. The summed E-state index contributed by atoms with van der Waals surface area (Å²) in [6.07, 6.45) is 4.60. The Morgan fingerprint density at radius 2 is 2.14 bits per heavy atom. The molecule has 0 radical (unpaired) electrons. The number of carbonyl (C=O) groups is 1. The fourth-order valence-electron chi connectivity index (χ4n) is 2.72. The van der Waals surface area contributed by atoms with E-state index < -0.39 is 0 Å². The minimum absolute atomic E-state index is 0.128. The van der Waals surface area contributed by atoms with Crippen LogP contribution in [0, 0.1) is 0 Å². The number of carbonyl (C=O) groups excluding carboxylic acids is 1. The highest BCUT2D eigenvalue weighted by molar-refractivity contribution is 5.72. The van der Waals surface area contributed by atoms with E-state index >= 15 is 0 Å². The third-order valence-electron chi connectivity index (χ3n) is 3.76. The van der Waals surface area contributed by atoms with Crippen molar-refractivity contribution in [3.05, 3.63) is 59.4 Å². The van der Waals surface area contributed by atoms with Crippen molar-refractivity contribution in [3.63, 3.8) is 0 Å². The van der Waals surface area contributed by atoms with Crippen LogP contribution in [0.2, 0.25) is 0 Å². The van der Waals surface area contributed by atoms with Gasteiger partial charge in [-0.3, -0.25) is 9.78 Å². The van der Waals surface area contributed by atoms with Crippen LogP contribution in [0.5, 0.6) is 0 Å². The summed E-state index contributed by atoms with van der Waals surface area (Å²) in [5, 5.41) is 0. The summed E-state index contributed by atoms with van der Waals surface area (Å²) in [7, 11) is 0. The van der Waals surface area contributed by atoms with E-state index in [2.05, 4.69) is 11.1 Å². The highest BCUT2D eigenvalue weighted by atomic mass is 16.5. The summed E-state index contributed by atoms with van der Waals surface area (Å²) in [6, 6.07) is 11.7. The first-order valence-corrected chi connectivity index (χ1v) is 7.20. The number of nitrogen functional groups attached to an aromatic ring is 1. The zero-order valence-corrected chi connectivity index (χ0v) is 11.8. The normalized spacial score (nSPS) is 17.0. The lowest BCUT2D eigenvalue weighted by molar-refractivity contribution is -0.149. The molecule has 0 bridgehead atoms. The van der Waals surface area contributed by atoms with E-state index in [4.69, 9.17) is 10.5 Å². The first kappa shape index (κ1) is 13.6. The fourth-order valence-corrected chi connectivity index (χ4v) is 2.72. The third kappa shape index (κ3) is 3.21. The molecule has 2 N–H and O–H groups in total. The molecular weight excluding hydrogens is 264 g/mol. The number of pyridine rings is 1. The van der Waals surface area contributed by atoms with Crippen LogP contribution in [0.3, 0.4) is 0 Å². The van der Waals surface area contributed by atoms with E-state index in [0.717, 1.165) is 24.8 Å². The number of esters is 1. The average molecular weight is 282 g/mol. The monoisotopic (exact) mass is 282 g/mol. The van der Waals surface area contributed by atoms with E-state index in [1.807, 2.05) is 18.2 Å². The number of hydrogen-bond acceptors (Lipinski definition) is 4. The quantitative estimate of drug-likeness (QED) is 0.879. The Morgan fingerprint density at radius 3 is 2.95 bits per heavy atom. The molecule has 4 nitrogen and oxygen atoms in total. The molecule has 1 atom stereocenters. The Kier molecular flexibility index (Phi) is 3.86. The highest BCUT2D eigenvalue weighted by Crippen LogP contribution is 2.32. The van der Waals surface area contributed by atoms with Crippen LogP contribution in [0.25, 0.3) is 0 Å². The molecule has 108 valence electrons. The van der Waals surface area contributed by atoms with Crippen LogP contribution in [-0.4, -0.2) is 11.0 Å². The molecule has 1 heterocycles. The number of nitrogens with two attached hydrogens (primary N) is 1. The second kappa shape index (κ2) is 5.95. The predicted octanol–water partition coefficient (Wildman–Crippen LogP) is 2.83. The number of anilines is 1. The largest absolute Gasteiger partial charge is 0.457 e. The standard InChI is InChI=1S/C17H18N2O2/c18-13-8-9-14(19-11-13)10-17(20)21-16-7-3-5-12-4-1-2-6-15(12)16/h1-2,4,6,8-9,11,16H,3,5,7,10,18H2. The highest BCUT2D eigenvalue weighted by Gasteiger charge is 2.23. The van der Waals surface area contributed by atoms with Crippen LogP contribution >= 0.6 is 0 Å². The van der Waals surface area contributed by atoms with Gasteiger partial charge in [-0.2, -0.15) is 0 Å². The zero-order valence-electron chi connectivity index (χ0n) is 11.8. The number of rotatable bonds is 3. The molecule has 2 aromatic rings. The zero-order chi connectivity index (χ0) is 14.7. The molecule has 0 amide bonds. The maximum Gasteiger partial charge on any atom is 0.312 e. The van der Waals surface area contributed by atoms with Gasteiger partial charge in [0.05, 0.1) is 24.0 Å². The molecule has 0 aliphatic heterocycles. The molecule has 1 unspecified atom stereocenters. The van der Waals surface area contributed by atoms with Crippen LogP contribution in [-0.2, 0) is 22.4 Å². The van der Waals surface area contributed by atoms with Gasteiger partial charge in [-0.1, -0.05) is 24.3 Å². The molecule has 4 heteroatoms. The summed E-state index contributed by atoms with van der Waals surface area (Å²) in [4.78, 5) is 16.2. The fraction of sp³-hybridized carbons (Fsp3) is 0.294. The van der Waals surface area contributed by atoms with E-state index in [-0.39, 0.29) is 18.5 Å². The van der Waals surface area contributed by atoms with Gasteiger partial charge in [-0.05, 0) is 42.5 Å². The molecule has 0 fully saturated rings. The number of fused-ring (bicyclic) bond motifs is 1.